The predicted octanol–water partition coefficient (Wildman–Crippen LogP) is 0.869. The van der Waals surface area contributed by atoms with E-state index in [2.05, 4.69) is 9.88 Å². The molecule has 1 aliphatic heterocycles. The van der Waals surface area contributed by atoms with Crippen molar-refractivity contribution in [3.63, 3.8) is 0 Å². The molecule has 1 aromatic heterocycles. The molecule has 0 radical (unpaired) electrons. The van der Waals surface area contributed by atoms with Gasteiger partial charge in [-0.25, -0.2) is 13.4 Å². The van der Waals surface area contributed by atoms with Crippen LogP contribution in [-0.2, 0) is 14.6 Å². The standard InChI is InChI=1S/C11H18N2O3S2/c1-9-8-17-11(12-9)10-7-13(3-5-16-10)4-6-18(2,14)15/h8,10H,3-7H2,1-2H3/t10-/m0/s1. The highest BCUT2D eigenvalue weighted by molar-refractivity contribution is 7.90. The molecule has 0 spiro atoms. The minimum absolute atomic E-state index is 0.0167. The first kappa shape index (κ1) is 13.9. The number of rotatable bonds is 4. The summed E-state index contributed by atoms with van der Waals surface area (Å²) in [5.41, 5.74) is 1.01. The van der Waals surface area contributed by atoms with Gasteiger partial charge in [0.2, 0.25) is 0 Å². The number of nitrogens with zero attached hydrogens (tertiary/aromatic N) is 2. The zero-order valence-electron chi connectivity index (χ0n) is 10.6. The maximum absolute atomic E-state index is 11.2. The highest BCUT2D eigenvalue weighted by Gasteiger charge is 2.24. The van der Waals surface area contributed by atoms with Crippen molar-refractivity contribution in [1.29, 1.82) is 0 Å². The van der Waals surface area contributed by atoms with Gasteiger partial charge in [0.15, 0.2) is 0 Å². The van der Waals surface area contributed by atoms with E-state index in [-0.39, 0.29) is 11.9 Å². The molecule has 102 valence electrons. The van der Waals surface area contributed by atoms with E-state index in [9.17, 15) is 8.42 Å². The minimum atomic E-state index is -2.90. The summed E-state index contributed by atoms with van der Waals surface area (Å²) < 4.78 is 28.0. The summed E-state index contributed by atoms with van der Waals surface area (Å²) >= 11 is 1.60. The second-order valence-corrected chi connectivity index (χ2v) is 7.77. The maximum Gasteiger partial charge on any atom is 0.148 e. The van der Waals surface area contributed by atoms with Gasteiger partial charge in [0.25, 0.3) is 0 Å². The van der Waals surface area contributed by atoms with Crippen molar-refractivity contribution in [2.75, 3.05) is 38.2 Å². The molecule has 5 nitrogen and oxygen atoms in total. The third-order valence-electron chi connectivity index (χ3n) is 2.84. The van der Waals surface area contributed by atoms with Gasteiger partial charge in [0, 0.05) is 37.0 Å². The lowest BCUT2D eigenvalue weighted by Gasteiger charge is -2.31. The van der Waals surface area contributed by atoms with Crippen molar-refractivity contribution in [3.05, 3.63) is 16.1 Å². The van der Waals surface area contributed by atoms with Crippen LogP contribution in [0.2, 0.25) is 0 Å². The highest BCUT2D eigenvalue weighted by atomic mass is 32.2. The summed E-state index contributed by atoms with van der Waals surface area (Å²) in [4.78, 5) is 6.56. The lowest BCUT2D eigenvalue weighted by molar-refractivity contribution is -0.0280. The Hall–Kier alpha value is -0.500. The van der Waals surface area contributed by atoms with E-state index < -0.39 is 9.84 Å². The van der Waals surface area contributed by atoms with Crippen molar-refractivity contribution in [3.8, 4) is 0 Å². The van der Waals surface area contributed by atoms with Crippen molar-refractivity contribution in [2.24, 2.45) is 0 Å². The molecule has 7 heteroatoms. The fourth-order valence-corrected chi connectivity index (χ4v) is 3.29. The van der Waals surface area contributed by atoms with Gasteiger partial charge >= 0.3 is 0 Å². The van der Waals surface area contributed by atoms with Gasteiger partial charge in [-0.2, -0.15) is 0 Å². The number of aromatic nitrogens is 1. The second-order valence-electron chi connectivity index (χ2n) is 4.62. The van der Waals surface area contributed by atoms with E-state index in [1.807, 2.05) is 12.3 Å². The van der Waals surface area contributed by atoms with Crippen LogP contribution >= 0.6 is 11.3 Å². The summed E-state index contributed by atoms with van der Waals surface area (Å²) in [5.74, 6) is 0.205. The fourth-order valence-electron chi connectivity index (χ4n) is 1.87. The van der Waals surface area contributed by atoms with Gasteiger partial charge in [0.1, 0.15) is 20.9 Å². The Morgan fingerprint density at radius 1 is 1.61 bits per heavy atom. The Morgan fingerprint density at radius 2 is 2.39 bits per heavy atom. The number of sulfone groups is 1. The van der Waals surface area contributed by atoms with Crippen LogP contribution in [0, 0.1) is 6.92 Å². The minimum Gasteiger partial charge on any atom is -0.368 e. The van der Waals surface area contributed by atoms with Crippen LogP contribution in [0.15, 0.2) is 5.38 Å². The SMILES string of the molecule is Cc1csc([C@@H]2CN(CCS(C)(=O)=O)CCO2)n1. The van der Waals surface area contributed by atoms with E-state index in [1.165, 1.54) is 6.26 Å². The third kappa shape index (κ3) is 4.01. The van der Waals surface area contributed by atoms with E-state index >= 15 is 0 Å². The van der Waals surface area contributed by atoms with Crippen LogP contribution in [0.1, 0.15) is 16.8 Å². The topological polar surface area (TPSA) is 59.5 Å². The van der Waals surface area contributed by atoms with Crippen LogP contribution in [0.4, 0.5) is 0 Å². The van der Waals surface area contributed by atoms with Crippen molar-refractivity contribution >= 4 is 21.2 Å². The zero-order valence-corrected chi connectivity index (χ0v) is 12.3. The lowest BCUT2D eigenvalue weighted by Crippen LogP contribution is -2.40. The summed E-state index contributed by atoms with van der Waals surface area (Å²) in [6, 6.07) is 0. The molecule has 2 heterocycles. The molecular formula is C11H18N2O3S2. The Labute approximate surface area is 112 Å². The van der Waals surface area contributed by atoms with Gasteiger partial charge in [-0.3, -0.25) is 4.90 Å². The van der Waals surface area contributed by atoms with Gasteiger partial charge in [-0.15, -0.1) is 11.3 Å². The number of hydrogen-bond acceptors (Lipinski definition) is 6. The van der Waals surface area contributed by atoms with Crippen molar-refractivity contribution in [2.45, 2.75) is 13.0 Å². The molecule has 18 heavy (non-hydrogen) atoms. The molecule has 1 atom stereocenters. The molecule has 0 aromatic carbocycles. The smallest absolute Gasteiger partial charge is 0.148 e. The molecule has 0 amide bonds. The van der Waals surface area contributed by atoms with E-state index in [1.54, 1.807) is 11.3 Å². The number of thiazole rings is 1. The van der Waals surface area contributed by atoms with E-state index in [0.717, 1.165) is 23.8 Å². The molecule has 1 saturated heterocycles. The fraction of sp³-hybridized carbons (Fsp3) is 0.727. The molecule has 2 rings (SSSR count). The molecule has 1 aromatic rings. The lowest BCUT2D eigenvalue weighted by atomic mass is 10.3. The Bertz CT molecular complexity index is 498. The van der Waals surface area contributed by atoms with Crippen LogP contribution in [-0.4, -0.2) is 56.6 Å². The number of morpholine rings is 1. The second kappa shape index (κ2) is 5.64. The summed E-state index contributed by atoms with van der Waals surface area (Å²) in [5, 5.41) is 2.99. The molecule has 0 bridgehead atoms. The monoisotopic (exact) mass is 290 g/mol. The summed E-state index contributed by atoms with van der Waals surface area (Å²) in [7, 11) is -2.90. The van der Waals surface area contributed by atoms with Crippen LogP contribution in [0.5, 0.6) is 0 Å². The first-order valence-electron chi connectivity index (χ1n) is 5.88. The van der Waals surface area contributed by atoms with Crippen LogP contribution in [0.25, 0.3) is 0 Å². The summed E-state index contributed by atoms with van der Waals surface area (Å²) in [6.45, 7) is 4.68. The number of aryl methyl sites for hydroxylation is 1. The van der Waals surface area contributed by atoms with Crippen molar-refractivity contribution in [1.82, 2.24) is 9.88 Å². The third-order valence-corrected chi connectivity index (χ3v) is 4.82. The first-order chi connectivity index (χ1) is 8.44. The molecule has 0 unspecified atom stereocenters. The Kier molecular flexibility index (Phi) is 4.37. The van der Waals surface area contributed by atoms with Crippen LogP contribution < -0.4 is 0 Å². The van der Waals surface area contributed by atoms with Crippen LogP contribution in [0.3, 0.4) is 0 Å². The van der Waals surface area contributed by atoms with Gasteiger partial charge in [0.05, 0.1) is 12.4 Å². The predicted molar refractivity (Wildman–Crippen MR) is 71.7 cm³/mol. The normalized spacial score (nSPS) is 22.2. The Balaban J connectivity index is 1.92. The van der Waals surface area contributed by atoms with Gasteiger partial charge < -0.3 is 4.74 Å². The average molecular weight is 290 g/mol. The highest BCUT2D eigenvalue weighted by Crippen LogP contribution is 2.24. The zero-order chi connectivity index (χ0) is 13.2. The number of ether oxygens (including phenoxy) is 1. The molecular weight excluding hydrogens is 272 g/mol. The van der Waals surface area contributed by atoms with E-state index in [4.69, 9.17) is 4.74 Å². The molecule has 1 aliphatic rings. The molecule has 0 aliphatic carbocycles. The molecule has 1 fully saturated rings. The first-order valence-corrected chi connectivity index (χ1v) is 8.82. The van der Waals surface area contributed by atoms with Gasteiger partial charge in [-0.1, -0.05) is 0 Å². The number of hydrogen-bond donors (Lipinski definition) is 0. The molecule has 0 N–H and O–H groups in total. The van der Waals surface area contributed by atoms with E-state index in [0.29, 0.717) is 13.2 Å². The Morgan fingerprint density at radius 3 is 3.00 bits per heavy atom. The van der Waals surface area contributed by atoms with Gasteiger partial charge in [-0.05, 0) is 6.92 Å². The quantitative estimate of drug-likeness (QED) is 0.823. The maximum atomic E-state index is 11.2. The largest absolute Gasteiger partial charge is 0.368 e. The molecule has 0 saturated carbocycles. The average Bonchev–Trinajstić information content (AvgIpc) is 2.73. The van der Waals surface area contributed by atoms with Crippen molar-refractivity contribution < 1.29 is 13.2 Å². The summed E-state index contributed by atoms with van der Waals surface area (Å²) in [6.07, 6.45) is 1.26.